The lowest BCUT2D eigenvalue weighted by molar-refractivity contribution is -0.159. The van der Waals surface area contributed by atoms with Crippen LogP contribution >= 0.6 is 0 Å². The summed E-state index contributed by atoms with van der Waals surface area (Å²) in [6, 6.07) is 0. The van der Waals surface area contributed by atoms with Crippen molar-refractivity contribution in [2.75, 3.05) is 20.2 Å². The Kier molecular flexibility index (Phi) is 4.38. The fourth-order valence-electron chi connectivity index (χ4n) is 3.44. The van der Waals surface area contributed by atoms with Gasteiger partial charge in [-0.2, -0.15) is 0 Å². The zero-order chi connectivity index (χ0) is 13.0. The van der Waals surface area contributed by atoms with E-state index in [2.05, 4.69) is 4.90 Å². The number of esters is 1. The lowest BCUT2D eigenvalue weighted by Gasteiger charge is -2.46. The maximum Gasteiger partial charge on any atom is 0.326 e. The monoisotopic (exact) mass is 253 g/mol. The van der Waals surface area contributed by atoms with Crippen LogP contribution in [0.3, 0.4) is 0 Å². The molecule has 4 heteroatoms. The Morgan fingerprint density at radius 3 is 2.33 bits per heavy atom. The topological polar surface area (TPSA) is 46.6 Å². The van der Waals surface area contributed by atoms with Crippen molar-refractivity contribution in [3.05, 3.63) is 0 Å². The third-order valence-corrected chi connectivity index (χ3v) is 4.58. The van der Waals surface area contributed by atoms with Crippen LogP contribution in [0.15, 0.2) is 0 Å². The molecule has 0 N–H and O–H groups in total. The highest BCUT2D eigenvalue weighted by Crippen LogP contribution is 2.37. The molecule has 4 nitrogen and oxygen atoms in total. The van der Waals surface area contributed by atoms with Crippen molar-refractivity contribution >= 4 is 12.3 Å². The second kappa shape index (κ2) is 5.83. The first kappa shape index (κ1) is 13.5. The van der Waals surface area contributed by atoms with Gasteiger partial charge in [0.1, 0.15) is 11.8 Å². The molecule has 0 aromatic carbocycles. The van der Waals surface area contributed by atoms with Crippen molar-refractivity contribution in [2.24, 2.45) is 5.92 Å². The van der Waals surface area contributed by atoms with Gasteiger partial charge in [-0.05, 0) is 38.8 Å². The number of ether oxygens (including phenoxy) is 1. The largest absolute Gasteiger partial charge is 0.468 e. The van der Waals surface area contributed by atoms with E-state index in [1.807, 2.05) is 0 Å². The fraction of sp³-hybridized carbons (Fsp3) is 0.857. The van der Waals surface area contributed by atoms with Gasteiger partial charge in [0.15, 0.2) is 0 Å². The Morgan fingerprint density at radius 2 is 1.83 bits per heavy atom. The van der Waals surface area contributed by atoms with Crippen LogP contribution in [0.25, 0.3) is 0 Å². The highest BCUT2D eigenvalue weighted by atomic mass is 16.5. The molecule has 1 saturated heterocycles. The number of aldehydes is 1. The summed E-state index contributed by atoms with van der Waals surface area (Å²) >= 11 is 0. The second-order valence-corrected chi connectivity index (χ2v) is 5.54. The van der Waals surface area contributed by atoms with Crippen molar-refractivity contribution in [1.82, 2.24) is 4.90 Å². The summed E-state index contributed by atoms with van der Waals surface area (Å²) in [4.78, 5) is 25.3. The van der Waals surface area contributed by atoms with Crippen LogP contribution in [0.5, 0.6) is 0 Å². The number of rotatable bonds is 3. The zero-order valence-corrected chi connectivity index (χ0v) is 11.2. The smallest absolute Gasteiger partial charge is 0.326 e. The Morgan fingerprint density at radius 1 is 1.22 bits per heavy atom. The van der Waals surface area contributed by atoms with Crippen molar-refractivity contribution in [1.29, 1.82) is 0 Å². The van der Waals surface area contributed by atoms with Gasteiger partial charge >= 0.3 is 5.97 Å². The number of hydrogen-bond acceptors (Lipinski definition) is 4. The van der Waals surface area contributed by atoms with E-state index in [0.29, 0.717) is 0 Å². The van der Waals surface area contributed by atoms with Crippen LogP contribution in [-0.2, 0) is 14.3 Å². The van der Waals surface area contributed by atoms with Crippen LogP contribution in [0.4, 0.5) is 0 Å². The average molecular weight is 253 g/mol. The first-order valence-corrected chi connectivity index (χ1v) is 7.02. The molecular formula is C14H23NO3. The SMILES string of the molecule is COC(=O)C1(N2CCC(C=O)CC2)CCCCC1. The molecule has 0 amide bonds. The van der Waals surface area contributed by atoms with Crippen LogP contribution in [-0.4, -0.2) is 42.9 Å². The normalized spacial score (nSPS) is 25.6. The summed E-state index contributed by atoms with van der Waals surface area (Å²) in [6.07, 6.45) is 8.04. The minimum atomic E-state index is -0.402. The predicted molar refractivity (Wildman–Crippen MR) is 68.2 cm³/mol. The van der Waals surface area contributed by atoms with Crippen LogP contribution < -0.4 is 0 Å². The molecule has 0 atom stereocenters. The summed E-state index contributed by atoms with van der Waals surface area (Å²) in [7, 11) is 1.48. The molecule has 0 unspecified atom stereocenters. The predicted octanol–water partition coefficient (Wildman–Crippen LogP) is 1.77. The van der Waals surface area contributed by atoms with Gasteiger partial charge in [0.05, 0.1) is 7.11 Å². The molecule has 102 valence electrons. The van der Waals surface area contributed by atoms with Gasteiger partial charge in [-0.15, -0.1) is 0 Å². The van der Waals surface area contributed by atoms with Gasteiger partial charge in [-0.1, -0.05) is 19.3 Å². The second-order valence-electron chi connectivity index (χ2n) is 5.54. The van der Waals surface area contributed by atoms with Gasteiger partial charge in [0.2, 0.25) is 0 Å². The summed E-state index contributed by atoms with van der Waals surface area (Å²) < 4.78 is 5.05. The standard InChI is InChI=1S/C14H23NO3/c1-18-13(17)14(7-3-2-4-8-14)15-9-5-12(11-16)6-10-15/h11-12H,2-10H2,1H3. The summed E-state index contributed by atoms with van der Waals surface area (Å²) in [5.74, 6) is 0.103. The fourth-order valence-corrected chi connectivity index (χ4v) is 3.44. The van der Waals surface area contributed by atoms with Gasteiger partial charge < -0.3 is 9.53 Å². The van der Waals surface area contributed by atoms with Crippen molar-refractivity contribution in [2.45, 2.75) is 50.5 Å². The number of nitrogens with zero attached hydrogens (tertiary/aromatic N) is 1. The highest BCUT2D eigenvalue weighted by molar-refractivity contribution is 5.81. The molecule has 1 saturated carbocycles. The van der Waals surface area contributed by atoms with Gasteiger partial charge in [0.25, 0.3) is 0 Å². The molecule has 0 aromatic rings. The van der Waals surface area contributed by atoms with Gasteiger partial charge in [-0.3, -0.25) is 9.69 Å². The Labute approximate surface area is 109 Å². The van der Waals surface area contributed by atoms with Crippen LogP contribution in [0.1, 0.15) is 44.9 Å². The molecule has 2 aliphatic rings. The Bertz CT molecular complexity index is 302. The number of carbonyl (C=O) groups is 2. The van der Waals surface area contributed by atoms with E-state index in [1.165, 1.54) is 13.5 Å². The molecule has 0 aromatic heterocycles. The molecule has 1 aliphatic heterocycles. The first-order chi connectivity index (χ1) is 8.73. The number of piperidine rings is 1. The quantitative estimate of drug-likeness (QED) is 0.568. The van der Waals surface area contributed by atoms with Crippen LogP contribution in [0, 0.1) is 5.92 Å². The molecule has 2 rings (SSSR count). The van der Waals surface area contributed by atoms with Gasteiger partial charge in [0, 0.05) is 5.92 Å². The van der Waals surface area contributed by atoms with E-state index in [-0.39, 0.29) is 11.9 Å². The molecule has 18 heavy (non-hydrogen) atoms. The van der Waals surface area contributed by atoms with Crippen LogP contribution in [0.2, 0.25) is 0 Å². The maximum atomic E-state index is 12.2. The summed E-state index contributed by atoms with van der Waals surface area (Å²) in [5.41, 5.74) is -0.402. The molecule has 0 radical (unpaired) electrons. The molecule has 1 aliphatic carbocycles. The molecule has 0 bridgehead atoms. The van der Waals surface area contributed by atoms with E-state index in [4.69, 9.17) is 4.74 Å². The molecule has 1 heterocycles. The third-order valence-electron chi connectivity index (χ3n) is 4.58. The van der Waals surface area contributed by atoms with E-state index < -0.39 is 5.54 Å². The van der Waals surface area contributed by atoms with Crippen molar-refractivity contribution in [3.63, 3.8) is 0 Å². The van der Waals surface area contributed by atoms with E-state index in [1.54, 1.807) is 0 Å². The molecule has 0 spiro atoms. The van der Waals surface area contributed by atoms with E-state index >= 15 is 0 Å². The molecule has 2 fully saturated rings. The van der Waals surface area contributed by atoms with E-state index in [0.717, 1.165) is 57.9 Å². The minimum Gasteiger partial charge on any atom is -0.468 e. The lowest BCUT2D eigenvalue weighted by Crippen LogP contribution is -2.58. The maximum absolute atomic E-state index is 12.2. The van der Waals surface area contributed by atoms with E-state index in [9.17, 15) is 9.59 Å². The van der Waals surface area contributed by atoms with Crippen molar-refractivity contribution < 1.29 is 14.3 Å². The summed E-state index contributed by atoms with van der Waals surface area (Å²) in [5, 5.41) is 0. The number of hydrogen-bond donors (Lipinski definition) is 0. The third kappa shape index (κ3) is 2.44. The first-order valence-electron chi connectivity index (χ1n) is 7.02. The minimum absolute atomic E-state index is 0.0771. The van der Waals surface area contributed by atoms with Gasteiger partial charge in [-0.25, -0.2) is 0 Å². The number of methoxy groups -OCH3 is 1. The Balaban J connectivity index is 2.09. The average Bonchev–Trinajstić information content (AvgIpc) is 2.47. The summed E-state index contributed by atoms with van der Waals surface area (Å²) in [6.45, 7) is 1.69. The number of likely N-dealkylation sites (tertiary alicyclic amines) is 1. The zero-order valence-electron chi connectivity index (χ0n) is 11.2. The number of carbonyl (C=O) groups excluding carboxylic acids is 2. The lowest BCUT2D eigenvalue weighted by atomic mass is 9.78. The molecular weight excluding hydrogens is 230 g/mol. The van der Waals surface area contributed by atoms with Crippen molar-refractivity contribution in [3.8, 4) is 0 Å². The highest BCUT2D eigenvalue weighted by Gasteiger charge is 2.46. The Hall–Kier alpha value is -0.900.